The number of nitrogens with two attached hydrogens (primary N) is 1. The minimum Gasteiger partial charge on any atom is -0.453 e. The van der Waals surface area contributed by atoms with Crippen LogP contribution in [0, 0.1) is 11.8 Å². The third kappa shape index (κ3) is 6.01. The van der Waals surface area contributed by atoms with Crippen molar-refractivity contribution in [3.63, 3.8) is 0 Å². The van der Waals surface area contributed by atoms with Crippen molar-refractivity contribution >= 4 is 29.0 Å². The van der Waals surface area contributed by atoms with Crippen LogP contribution in [0.25, 0.3) is 11.2 Å². The molecule has 1 aliphatic heterocycles. The van der Waals surface area contributed by atoms with Gasteiger partial charge in [-0.3, -0.25) is 14.3 Å². The van der Waals surface area contributed by atoms with E-state index in [0.29, 0.717) is 37.3 Å². The van der Waals surface area contributed by atoms with Gasteiger partial charge in [-0.25, -0.2) is 19.7 Å². The first-order chi connectivity index (χ1) is 17.4. The van der Waals surface area contributed by atoms with Gasteiger partial charge < -0.3 is 30.4 Å². The van der Waals surface area contributed by atoms with Crippen molar-refractivity contribution in [1.82, 2.24) is 29.7 Å². The lowest BCUT2D eigenvalue weighted by atomic mass is 10.2. The van der Waals surface area contributed by atoms with E-state index in [1.54, 1.807) is 0 Å². The van der Waals surface area contributed by atoms with Crippen molar-refractivity contribution in [2.45, 2.75) is 57.1 Å². The second-order valence-electron chi connectivity index (χ2n) is 8.60. The summed E-state index contributed by atoms with van der Waals surface area (Å²) in [7, 11) is 1.31. The fourth-order valence-electron chi connectivity index (χ4n) is 3.85. The van der Waals surface area contributed by atoms with Crippen LogP contribution >= 0.6 is 0 Å². The minimum absolute atomic E-state index is 0.0988. The highest BCUT2D eigenvalue weighted by Crippen LogP contribution is 2.32. The number of carbonyl (C=O) groups is 2. The Hall–Kier alpha value is -3.47. The molecule has 1 aliphatic carbocycles. The number of carbonyl (C=O) groups excluding carboxylic acids is 2. The molecule has 0 radical (unpaired) electrons. The van der Waals surface area contributed by atoms with E-state index in [2.05, 4.69) is 32.1 Å². The van der Waals surface area contributed by atoms with Gasteiger partial charge in [0.2, 0.25) is 11.7 Å². The number of aliphatic hydroxyl groups excluding tert-OH is 1. The Kier molecular flexibility index (Phi) is 8.19. The van der Waals surface area contributed by atoms with Crippen molar-refractivity contribution in [2.24, 2.45) is 0 Å². The van der Waals surface area contributed by atoms with Crippen molar-refractivity contribution in [3.05, 3.63) is 12.2 Å². The molecule has 2 aliphatic rings. The number of rotatable bonds is 9. The molecule has 4 N–H and O–H groups in total. The maximum atomic E-state index is 12.4. The number of anilines is 1. The predicted molar refractivity (Wildman–Crippen MR) is 127 cm³/mol. The molecule has 36 heavy (non-hydrogen) atoms. The monoisotopic (exact) mass is 501 g/mol. The van der Waals surface area contributed by atoms with Gasteiger partial charge in [0.15, 0.2) is 17.7 Å². The second kappa shape index (κ2) is 11.5. The van der Waals surface area contributed by atoms with E-state index in [-0.39, 0.29) is 36.6 Å². The second-order valence-corrected chi connectivity index (χ2v) is 8.60. The van der Waals surface area contributed by atoms with Crippen molar-refractivity contribution in [1.29, 1.82) is 0 Å². The van der Waals surface area contributed by atoms with Crippen LogP contribution in [0.15, 0.2) is 6.33 Å². The molecule has 0 aromatic carbocycles. The van der Waals surface area contributed by atoms with Crippen LogP contribution in [-0.2, 0) is 19.0 Å². The number of aliphatic hydroxyl groups is 1. The lowest BCUT2D eigenvalue weighted by Gasteiger charge is -2.18. The van der Waals surface area contributed by atoms with Crippen LogP contribution in [0.1, 0.15) is 44.7 Å². The summed E-state index contributed by atoms with van der Waals surface area (Å²) < 4.78 is 17.5. The highest BCUT2D eigenvalue weighted by atomic mass is 16.5. The lowest BCUT2D eigenvalue weighted by molar-refractivity contribution is -0.134. The molecule has 2 fully saturated rings. The average Bonchev–Trinajstić information content (AvgIpc) is 3.44. The molecule has 4 rings (SSSR count). The van der Waals surface area contributed by atoms with E-state index < -0.39 is 24.5 Å². The Morgan fingerprint density at radius 2 is 2.19 bits per heavy atom. The number of nitrogen functional groups attached to an aromatic ring is 1. The van der Waals surface area contributed by atoms with Crippen molar-refractivity contribution < 1.29 is 28.9 Å². The Balaban J connectivity index is 1.48. The molecule has 3 atom stereocenters. The Morgan fingerprint density at radius 1 is 1.39 bits per heavy atom. The summed E-state index contributed by atoms with van der Waals surface area (Å²) in [4.78, 5) is 38.8. The molecule has 2 amide bonds. The van der Waals surface area contributed by atoms with Crippen LogP contribution in [0.3, 0.4) is 0 Å². The summed E-state index contributed by atoms with van der Waals surface area (Å²) in [6, 6.07) is 0.194. The fourth-order valence-corrected chi connectivity index (χ4v) is 3.85. The molecule has 2 aromatic heterocycles. The first kappa shape index (κ1) is 25.6. The highest BCUT2D eigenvalue weighted by Gasteiger charge is 2.41. The number of fused-ring (bicyclic) bond motifs is 1. The Morgan fingerprint density at radius 3 is 2.92 bits per heavy atom. The molecule has 0 bridgehead atoms. The summed E-state index contributed by atoms with van der Waals surface area (Å²) in [5.74, 6) is 5.70. The number of amides is 2. The van der Waals surface area contributed by atoms with Crippen LogP contribution in [-0.4, -0.2) is 93.2 Å². The Bertz CT molecular complexity index is 1160. The average molecular weight is 502 g/mol. The fraction of sp³-hybridized carbons (Fsp3) is 0.609. The number of ether oxygens (including phenoxy) is 3. The van der Waals surface area contributed by atoms with E-state index in [0.717, 1.165) is 12.8 Å². The van der Waals surface area contributed by atoms with E-state index in [1.165, 1.54) is 22.9 Å². The van der Waals surface area contributed by atoms with Gasteiger partial charge in [0.1, 0.15) is 17.7 Å². The molecule has 13 nitrogen and oxygen atoms in total. The van der Waals surface area contributed by atoms with Crippen molar-refractivity contribution in [3.8, 4) is 11.8 Å². The molecule has 194 valence electrons. The molecule has 3 heterocycles. The molecule has 2 aromatic rings. The van der Waals surface area contributed by atoms with Gasteiger partial charge in [-0.15, -0.1) is 0 Å². The molecule has 1 saturated heterocycles. The van der Waals surface area contributed by atoms with Gasteiger partial charge in [-0.05, 0) is 32.1 Å². The molecule has 1 saturated carbocycles. The number of aromatic nitrogens is 4. The number of imidazole rings is 1. The first-order valence-corrected chi connectivity index (χ1v) is 11.9. The summed E-state index contributed by atoms with van der Waals surface area (Å²) in [6.45, 7) is 3.55. The van der Waals surface area contributed by atoms with E-state index >= 15 is 0 Å². The predicted octanol–water partition coefficient (Wildman–Crippen LogP) is 0.182. The summed E-state index contributed by atoms with van der Waals surface area (Å²) >= 11 is 0. The van der Waals surface area contributed by atoms with Crippen LogP contribution < -0.4 is 11.1 Å². The normalized spacial score (nSPS) is 21.1. The minimum atomic E-state index is -0.937. The highest BCUT2D eigenvalue weighted by molar-refractivity contribution is 5.83. The van der Waals surface area contributed by atoms with Crippen molar-refractivity contribution in [2.75, 3.05) is 39.1 Å². The number of methoxy groups -OCH3 is 1. The maximum absolute atomic E-state index is 12.4. The lowest BCUT2D eigenvalue weighted by Crippen LogP contribution is -2.35. The molecule has 13 heteroatoms. The summed E-state index contributed by atoms with van der Waals surface area (Å²) in [5, 5.41) is 13.5. The zero-order valence-electron chi connectivity index (χ0n) is 20.3. The third-order valence-corrected chi connectivity index (χ3v) is 5.85. The third-order valence-electron chi connectivity index (χ3n) is 5.85. The van der Waals surface area contributed by atoms with Crippen LogP contribution in [0.4, 0.5) is 10.6 Å². The maximum Gasteiger partial charge on any atom is 0.410 e. The number of nitrogens with one attached hydrogen (secondary N) is 1. The molecular formula is C23H31N7O6. The van der Waals surface area contributed by atoms with Gasteiger partial charge >= 0.3 is 6.09 Å². The van der Waals surface area contributed by atoms with Gasteiger partial charge in [0.25, 0.3) is 0 Å². The molecular weight excluding hydrogens is 470 g/mol. The smallest absolute Gasteiger partial charge is 0.410 e. The summed E-state index contributed by atoms with van der Waals surface area (Å²) in [6.07, 6.45) is 1.09. The van der Waals surface area contributed by atoms with Gasteiger partial charge in [0.05, 0.1) is 20.0 Å². The largest absolute Gasteiger partial charge is 0.453 e. The van der Waals surface area contributed by atoms with Gasteiger partial charge in [0, 0.05) is 32.2 Å². The van der Waals surface area contributed by atoms with Crippen LogP contribution in [0.5, 0.6) is 0 Å². The number of nitrogens with zero attached hydrogens (tertiary/aromatic N) is 5. The quantitative estimate of drug-likeness (QED) is 0.318. The zero-order valence-corrected chi connectivity index (χ0v) is 20.3. The number of hydrogen-bond donors (Lipinski definition) is 3. The standard InChI is InChI=1S/C23H31N7O6/c1-3-35-11-5-10-29(23(33)34-2)9-4-6-17-27-19(24)18-20(28-17)30(13-25-18)22-15(31)12-16(36-22)21(32)26-14-7-8-14/h13-16,22,31H,3,5,7-12H2,1-2H3,(H,26,32)(H2,24,27,28). The van der Waals surface area contributed by atoms with E-state index in [4.69, 9.17) is 19.9 Å². The van der Waals surface area contributed by atoms with Gasteiger partial charge in [-0.1, -0.05) is 5.92 Å². The molecule has 0 spiro atoms. The first-order valence-electron chi connectivity index (χ1n) is 11.9. The van der Waals surface area contributed by atoms with E-state index in [1.807, 2.05) is 6.92 Å². The topological polar surface area (TPSA) is 167 Å². The van der Waals surface area contributed by atoms with E-state index in [9.17, 15) is 14.7 Å². The van der Waals surface area contributed by atoms with Crippen LogP contribution in [0.2, 0.25) is 0 Å². The Labute approximate surface area is 208 Å². The SMILES string of the molecule is CCOCCCN(CC#Cc1nc(N)c2ncn(C3OC(C(=O)NC4CC4)CC3O)c2n1)C(=O)OC. The molecule has 3 unspecified atom stereocenters. The summed E-state index contributed by atoms with van der Waals surface area (Å²) in [5.41, 5.74) is 6.72. The van der Waals surface area contributed by atoms with Gasteiger partial charge in [-0.2, -0.15) is 0 Å². The zero-order chi connectivity index (χ0) is 25.7. The number of hydrogen-bond acceptors (Lipinski definition) is 10.